The SMILES string of the molecule is CC1(O[Si](C)(C)C(C)(C)C)C[C@@H](CC(=O)N(c2cccc(F)c2)C(C(=O)NC2CC(F)(F)C2)c2ccccc2Cl)NC1=O. The molecule has 1 aliphatic heterocycles. The van der Waals surface area contributed by atoms with Crippen molar-refractivity contribution in [1.29, 1.82) is 0 Å². The minimum Gasteiger partial charge on any atom is -0.403 e. The molecule has 12 heteroatoms. The van der Waals surface area contributed by atoms with Gasteiger partial charge in [-0.05, 0) is 49.3 Å². The molecular formula is C31H39ClF3N3O4Si. The number of nitrogens with zero attached hydrogens (tertiary/aromatic N) is 1. The third kappa shape index (κ3) is 7.26. The van der Waals surface area contributed by atoms with Crippen LogP contribution >= 0.6 is 11.6 Å². The Morgan fingerprint density at radius 3 is 2.37 bits per heavy atom. The smallest absolute Gasteiger partial charge is 0.252 e. The molecule has 0 aromatic heterocycles. The fraction of sp³-hybridized carbons (Fsp3) is 0.516. The molecule has 2 aromatic rings. The van der Waals surface area contributed by atoms with Crippen LogP contribution in [0.4, 0.5) is 18.9 Å². The third-order valence-corrected chi connectivity index (χ3v) is 13.6. The van der Waals surface area contributed by atoms with Crippen LogP contribution in [0.1, 0.15) is 65.0 Å². The Kier molecular flexibility index (Phi) is 9.13. The molecule has 1 aliphatic carbocycles. The Morgan fingerprint density at radius 2 is 1.79 bits per heavy atom. The zero-order valence-electron chi connectivity index (χ0n) is 25.3. The van der Waals surface area contributed by atoms with Gasteiger partial charge in [-0.15, -0.1) is 0 Å². The molecule has 234 valence electrons. The van der Waals surface area contributed by atoms with Crippen LogP contribution in [0, 0.1) is 5.82 Å². The lowest BCUT2D eigenvalue weighted by Crippen LogP contribution is -2.54. The number of carbonyl (C=O) groups excluding carboxylic acids is 3. The van der Waals surface area contributed by atoms with Gasteiger partial charge < -0.3 is 15.1 Å². The summed E-state index contributed by atoms with van der Waals surface area (Å²) in [4.78, 5) is 42.2. The van der Waals surface area contributed by atoms with Gasteiger partial charge in [0.1, 0.15) is 17.5 Å². The van der Waals surface area contributed by atoms with Crippen LogP contribution in [-0.2, 0) is 18.8 Å². The molecule has 3 atom stereocenters. The highest BCUT2D eigenvalue weighted by atomic mass is 35.5. The molecule has 1 heterocycles. The second kappa shape index (κ2) is 11.9. The number of alkyl halides is 2. The van der Waals surface area contributed by atoms with Gasteiger partial charge in [0.05, 0.1) is 0 Å². The molecular weight excluding hydrogens is 599 g/mol. The van der Waals surface area contributed by atoms with Gasteiger partial charge in [0, 0.05) is 54.0 Å². The fourth-order valence-corrected chi connectivity index (χ4v) is 7.24. The van der Waals surface area contributed by atoms with E-state index in [1.165, 1.54) is 18.2 Å². The zero-order chi connectivity index (χ0) is 32.0. The monoisotopic (exact) mass is 637 g/mol. The van der Waals surface area contributed by atoms with E-state index < -0.39 is 68.4 Å². The number of benzene rings is 2. The Labute approximate surface area is 256 Å². The average Bonchev–Trinajstić information content (AvgIpc) is 3.12. The lowest BCUT2D eigenvalue weighted by Gasteiger charge is -2.41. The van der Waals surface area contributed by atoms with Crippen LogP contribution in [0.15, 0.2) is 48.5 Å². The molecule has 0 radical (unpaired) electrons. The summed E-state index contributed by atoms with van der Waals surface area (Å²) in [5, 5.41) is 5.51. The summed E-state index contributed by atoms with van der Waals surface area (Å²) in [5.74, 6) is -5.18. The van der Waals surface area contributed by atoms with Crippen molar-refractivity contribution in [3.05, 3.63) is 64.9 Å². The highest BCUT2D eigenvalue weighted by molar-refractivity contribution is 6.74. The molecule has 2 aliphatic rings. The van der Waals surface area contributed by atoms with Gasteiger partial charge in [-0.2, -0.15) is 0 Å². The summed E-state index contributed by atoms with van der Waals surface area (Å²) in [6.07, 6.45) is -1.07. The van der Waals surface area contributed by atoms with Crippen molar-refractivity contribution in [1.82, 2.24) is 10.6 Å². The van der Waals surface area contributed by atoms with Crippen molar-refractivity contribution >= 4 is 43.3 Å². The van der Waals surface area contributed by atoms with E-state index in [2.05, 4.69) is 31.4 Å². The minimum absolute atomic E-state index is 0.0774. The van der Waals surface area contributed by atoms with Gasteiger partial charge in [-0.25, -0.2) is 13.2 Å². The first-order chi connectivity index (χ1) is 19.8. The van der Waals surface area contributed by atoms with Crippen LogP contribution in [0.25, 0.3) is 0 Å². The van der Waals surface area contributed by atoms with Crippen LogP contribution in [0.2, 0.25) is 23.2 Å². The van der Waals surface area contributed by atoms with Gasteiger partial charge in [-0.1, -0.05) is 56.6 Å². The largest absolute Gasteiger partial charge is 0.403 e. The van der Waals surface area contributed by atoms with Gasteiger partial charge in [-0.3, -0.25) is 19.3 Å². The number of rotatable bonds is 9. The predicted octanol–water partition coefficient (Wildman–Crippen LogP) is 6.53. The van der Waals surface area contributed by atoms with Crippen LogP contribution in [-0.4, -0.2) is 49.6 Å². The zero-order valence-corrected chi connectivity index (χ0v) is 27.0. The molecule has 3 amide bonds. The number of hydrogen-bond acceptors (Lipinski definition) is 4. The minimum atomic E-state index is -2.88. The van der Waals surface area contributed by atoms with Crippen LogP contribution < -0.4 is 15.5 Å². The first kappa shape index (κ1) is 33.0. The van der Waals surface area contributed by atoms with Crippen molar-refractivity contribution in [2.45, 2.75) is 101 Å². The summed E-state index contributed by atoms with van der Waals surface area (Å²) < 4.78 is 48.2. The van der Waals surface area contributed by atoms with Crippen LogP contribution in [0.3, 0.4) is 0 Å². The van der Waals surface area contributed by atoms with Crippen molar-refractivity contribution < 1.29 is 32.0 Å². The number of hydrogen-bond donors (Lipinski definition) is 2. The number of anilines is 1. The van der Waals surface area contributed by atoms with Gasteiger partial charge in [0.2, 0.25) is 11.8 Å². The van der Waals surface area contributed by atoms with E-state index in [0.717, 1.165) is 11.0 Å². The molecule has 0 bridgehead atoms. The Balaban J connectivity index is 1.67. The van der Waals surface area contributed by atoms with Gasteiger partial charge in [0.25, 0.3) is 11.8 Å². The first-order valence-electron chi connectivity index (χ1n) is 14.3. The summed E-state index contributed by atoms with van der Waals surface area (Å²) in [6, 6.07) is 8.76. The Hall–Kier alpha value is -2.89. The maximum Gasteiger partial charge on any atom is 0.252 e. The normalized spacial score (nSPS) is 22.8. The summed E-state index contributed by atoms with van der Waals surface area (Å²) in [6.45, 7) is 12.0. The molecule has 2 fully saturated rings. The summed E-state index contributed by atoms with van der Waals surface area (Å²) in [7, 11) is -2.36. The average molecular weight is 638 g/mol. The maximum absolute atomic E-state index is 14.5. The summed E-state index contributed by atoms with van der Waals surface area (Å²) in [5.41, 5.74) is -0.840. The molecule has 1 saturated heterocycles. The Morgan fingerprint density at radius 1 is 1.14 bits per heavy atom. The molecule has 1 saturated carbocycles. The second-order valence-corrected chi connectivity index (χ2v) is 18.4. The van der Waals surface area contributed by atoms with E-state index in [-0.39, 0.29) is 40.1 Å². The van der Waals surface area contributed by atoms with E-state index in [9.17, 15) is 27.6 Å². The van der Waals surface area contributed by atoms with E-state index in [1.807, 2.05) is 13.1 Å². The van der Waals surface area contributed by atoms with E-state index in [0.29, 0.717) is 0 Å². The number of nitrogens with one attached hydrogen (secondary N) is 2. The number of halogens is 4. The highest BCUT2D eigenvalue weighted by Crippen LogP contribution is 2.42. The molecule has 2 aromatic carbocycles. The van der Waals surface area contributed by atoms with E-state index >= 15 is 0 Å². The van der Waals surface area contributed by atoms with Gasteiger partial charge in [0.15, 0.2) is 8.32 Å². The topological polar surface area (TPSA) is 87.7 Å². The first-order valence-corrected chi connectivity index (χ1v) is 17.6. The molecule has 0 spiro atoms. The Bertz CT molecular complexity index is 1390. The molecule has 7 nitrogen and oxygen atoms in total. The summed E-state index contributed by atoms with van der Waals surface area (Å²) >= 11 is 6.50. The quantitative estimate of drug-likeness (QED) is 0.306. The fourth-order valence-electron chi connectivity index (χ4n) is 5.39. The molecule has 2 unspecified atom stereocenters. The predicted molar refractivity (Wildman–Crippen MR) is 162 cm³/mol. The van der Waals surface area contributed by atoms with Crippen molar-refractivity contribution in [2.75, 3.05) is 4.90 Å². The highest BCUT2D eigenvalue weighted by Gasteiger charge is 2.52. The van der Waals surface area contributed by atoms with E-state index in [4.69, 9.17) is 16.0 Å². The molecule has 43 heavy (non-hydrogen) atoms. The lowest BCUT2D eigenvalue weighted by atomic mass is 9.87. The molecule has 2 N–H and O–H groups in total. The lowest BCUT2D eigenvalue weighted by molar-refractivity contribution is -0.133. The number of amides is 3. The van der Waals surface area contributed by atoms with Gasteiger partial charge >= 0.3 is 0 Å². The maximum atomic E-state index is 14.5. The van der Waals surface area contributed by atoms with Crippen LogP contribution in [0.5, 0.6) is 0 Å². The van der Waals surface area contributed by atoms with Crippen molar-refractivity contribution in [3.8, 4) is 0 Å². The standard InChI is InChI=1S/C31H39ClF3N3O4Si/c1-29(2,3)43(5,6)42-30(4)16-20(37-28(30)41)15-25(39)38(22-11-9-10-19(33)14-22)26(23-12-7-8-13-24(23)32)27(40)36-21-17-31(34,35)18-21/h7-14,20-21,26H,15-18H2,1-6H3,(H,36,40)(H,37,41)/t20-,26?,30?/m1/s1. The van der Waals surface area contributed by atoms with Crippen molar-refractivity contribution in [3.63, 3.8) is 0 Å². The van der Waals surface area contributed by atoms with E-state index in [1.54, 1.807) is 31.2 Å². The number of carbonyl (C=O) groups is 3. The third-order valence-electron chi connectivity index (χ3n) is 8.66. The molecule has 4 rings (SSSR count). The van der Waals surface area contributed by atoms with Crippen molar-refractivity contribution in [2.24, 2.45) is 0 Å². The second-order valence-electron chi connectivity index (χ2n) is 13.3.